The number of aromatic nitrogens is 3. The number of carbonyl (C=O) groups is 1. The number of fused-ring (bicyclic) bond motifs is 1. The lowest BCUT2D eigenvalue weighted by atomic mass is 10.1. The van der Waals surface area contributed by atoms with Gasteiger partial charge in [0.1, 0.15) is 12.2 Å². The monoisotopic (exact) mass is 416 g/mol. The van der Waals surface area contributed by atoms with Crippen molar-refractivity contribution in [1.29, 1.82) is 0 Å². The smallest absolute Gasteiger partial charge is 0.274 e. The average Bonchev–Trinajstić information content (AvgIpc) is 3.54. The van der Waals surface area contributed by atoms with Gasteiger partial charge in [0.15, 0.2) is 11.5 Å². The zero-order valence-corrected chi connectivity index (χ0v) is 16.8. The van der Waals surface area contributed by atoms with E-state index in [2.05, 4.69) is 15.5 Å². The van der Waals surface area contributed by atoms with Gasteiger partial charge in [-0.3, -0.25) is 4.79 Å². The first-order chi connectivity index (χ1) is 15.2. The lowest BCUT2D eigenvalue weighted by Crippen LogP contribution is -2.30. The fourth-order valence-corrected chi connectivity index (χ4v) is 3.49. The number of carbonyl (C=O) groups excluding carboxylic acids is 1. The minimum atomic E-state index is -0.107. The molecule has 0 saturated carbocycles. The van der Waals surface area contributed by atoms with E-state index in [0.29, 0.717) is 28.9 Å². The second kappa shape index (κ2) is 7.98. The third kappa shape index (κ3) is 3.87. The van der Waals surface area contributed by atoms with Crippen LogP contribution in [0.4, 0.5) is 0 Å². The highest BCUT2D eigenvalue weighted by atomic mass is 16.7. The van der Waals surface area contributed by atoms with Crippen LogP contribution < -0.4 is 14.8 Å². The summed E-state index contributed by atoms with van der Waals surface area (Å²) in [7, 11) is 0. The van der Waals surface area contributed by atoms with Crippen LogP contribution in [0.5, 0.6) is 11.5 Å². The molecule has 1 N–H and O–H groups in total. The highest BCUT2D eigenvalue weighted by Crippen LogP contribution is 2.35. The number of amides is 1. The van der Waals surface area contributed by atoms with Crippen LogP contribution in [0.1, 0.15) is 18.5 Å². The number of rotatable bonds is 6. The van der Waals surface area contributed by atoms with Crippen molar-refractivity contribution in [3.63, 3.8) is 0 Å². The first kappa shape index (κ1) is 18.9. The molecule has 31 heavy (non-hydrogen) atoms. The van der Waals surface area contributed by atoms with Crippen molar-refractivity contribution in [2.24, 2.45) is 0 Å². The van der Waals surface area contributed by atoms with Gasteiger partial charge in [-0.25, -0.2) is 0 Å². The van der Waals surface area contributed by atoms with Crippen molar-refractivity contribution < 1.29 is 18.8 Å². The summed E-state index contributed by atoms with van der Waals surface area (Å²) in [5, 5.41) is 7.10. The Kier molecular flexibility index (Phi) is 4.87. The van der Waals surface area contributed by atoms with Crippen LogP contribution in [0.25, 0.3) is 23.0 Å². The van der Waals surface area contributed by atoms with E-state index in [1.54, 1.807) is 4.57 Å². The molecule has 0 spiro atoms. The number of ether oxygens (including phenoxy) is 2. The van der Waals surface area contributed by atoms with Crippen molar-refractivity contribution in [1.82, 2.24) is 20.0 Å². The standard InChI is InChI=1S/C23H20N4O4/c1-15(16-6-3-2-4-7-16)24-21(28)13-27-11-5-8-18(27)23-25-22(26-31-23)17-9-10-19-20(12-17)30-14-29-19/h2-12,15H,13-14H2,1H3,(H,24,28)/t15-/m1/s1. The van der Waals surface area contributed by atoms with Crippen LogP contribution >= 0.6 is 0 Å². The van der Waals surface area contributed by atoms with Gasteiger partial charge in [0, 0.05) is 11.8 Å². The molecule has 1 amide bonds. The fraction of sp³-hybridized carbons (Fsp3) is 0.174. The lowest BCUT2D eigenvalue weighted by molar-refractivity contribution is -0.122. The third-order valence-corrected chi connectivity index (χ3v) is 5.10. The molecule has 1 aliphatic heterocycles. The Hall–Kier alpha value is -4.07. The van der Waals surface area contributed by atoms with Crippen LogP contribution in [0.3, 0.4) is 0 Å². The van der Waals surface area contributed by atoms with Gasteiger partial charge >= 0.3 is 0 Å². The zero-order chi connectivity index (χ0) is 21.2. The van der Waals surface area contributed by atoms with Crippen molar-refractivity contribution in [3.8, 4) is 34.5 Å². The summed E-state index contributed by atoms with van der Waals surface area (Å²) in [6, 6.07) is 18.9. The van der Waals surface area contributed by atoms with E-state index < -0.39 is 0 Å². The minimum Gasteiger partial charge on any atom is -0.454 e. The van der Waals surface area contributed by atoms with Crippen LogP contribution in [0, 0.1) is 0 Å². The van der Waals surface area contributed by atoms with Gasteiger partial charge in [0.25, 0.3) is 5.89 Å². The highest BCUT2D eigenvalue weighted by molar-refractivity contribution is 5.77. The normalized spacial score (nSPS) is 13.2. The van der Waals surface area contributed by atoms with Crippen molar-refractivity contribution >= 4 is 5.91 Å². The molecule has 156 valence electrons. The molecule has 0 fully saturated rings. The van der Waals surface area contributed by atoms with Gasteiger partial charge in [-0.2, -0.15) is 4.98 Å². The maximum absolute atomic E-state index is 12.6. The Morgan fingerprint density at radius 3 is 2.81 bits per heavy atom. The Balaban J connectivity index is 1.31. The molecular formula is C23H20N4O4. The van der Waals surface area contributed by atoms with Gasteiger partial charge in [0.2, 0.25) is 18.5 Å². The largest absolute Gasteiger partial charge is 0.454 e. The number of nitrogens with zero attached hydrogens (tertiary/aromatic N) is 3. The molecule has 5 rings (SSSR count). The maximum Gasteiger partial charge on any atom is 0.274 e. The molecule has 0 bridgehead atoms. The Morgan fingerprint density at radius 1 is 1.10 bits per heavy atom. The maximum atomic E-state index is 12.6. The summed E-state index contributed by atoms with van der Waals surface area (Å²) in [4.78, 5) is 17.1. The van der Waals surface area contributed by atoms with E-state index in [1.165, 1.54) is 0 Å². The number of hydrogen-bond acceptors (Lipinski definition) is 6. The van der Waals surface area contributed by atoms with Gasteiger partial charge in [-0.1, -0.05) is 35.5 Å². The molecule has 1 aliphatic rings. The first-order valence-electron chi connectivity index (χ1n) is 9.91. The molecule has 0 radical (unpaired) electrons. The molecule has 8 nitrogen and oxygen atoms in total. The lowest BCUT2D eigenvalue weighted by Gasteiger charge is -2.15. The Morgan fingerprint density at radius 2 is 1.94 bits per heavy atom. The van der Waals surface area contributed by atoms with E-state index in [-0.39, 0.29) is 25.3 Å². The van der Waals surface area contributed by atoms with Gasteiger partial charge in [-0.05, 0) is 42.8 Å². The van der Waals surface area contributed by atoms with Gasteiger partial charge < -0.3 is 23.9 Å². The second-order valence-electron chi connectivity index (χ2n) is 7.21. The number of nitrogens with one attached hydrogen (secondary N) is 1. The average molecular weight is 416 g/mol. The van der Waals surface area contributed by atoms with E-state index >= 15 is 0 Å². The predicted molar refractivity (Wildman–Crippen MR) is 112 cm³/mol. The second-order valence-corrected chi connectivity index (χ2v) is 7.21. The van der Waals surface area contributed by atoms with Crippen molar-refractivity contribution in [3.05, 3.63) is 72.4 Å². The third-order valence-electron chi connectivity index (χ3n) is 5.10. The summed E-state index contributed by atoms with van der Waals surface area (Å²) in [5.74, 6) is 2.00. The summed E-state index contributed by atoms with van der Waals surface area (Å²) in [6.45, 7) is 2.30. The van der Waals surface area contributed by atoms with E-state index in [0.717, 1.165) is 11.1 Å². The summed E-state index contributed by atoms with van der Waals surface area (Å²) < 4.78 is 18.0. The van der Waals surface area contributed by atoms with E-state index in [1.807, 2.05) is 73.8 Å². The number of benzene rings is 2. The van der Waals surface area contributed by atoms with Crippen molar-refractivity contribution in [2.75, 3.05) is 6.79 Å². The first-order valence-corrected chi connectivity index (χ1v) is 9.91. The summed E-state index contributed by atoms with van der Waals surface area (Å²) >= 11 is 0. The molecule has 3 heterocycles. The Labute approximate surface area is 178 Å². The van der Waals surface area contributed by atoms with Crippen LogP contribution in [-0.2, 0) is 11.3 Å². The highest BCUT2D eigenvalue weighted by Gasteiger charge is 2.19. The predicted octanol–water partition coefficient (Wildman–Crippen LogP) is 3.81. The number of hydrogen-bond donors (Lipinski definition) is 1. The Bertz CT molecular complexity index is 1220. The van der Waals surface area contributed by atoms with Crippen molar-refractivity contribution in [2.45, 2.75) is 19.5 Å². The molecule has 0 unspecified atom stereocenters. The SMILES string of the molecule is C[C@@H](NC(=O)Cn1cccc1-c1nc(-c2ccc3c(c2)OCO3)no1)c1ccccc1. The minimum absolute atomic E-state index is 0.0891. The van der Waals surface area contributed by atoms with Gasteiger partial charge in [-0.15, -0.1) is 0 Å². The topological polar surface area (TPSA) is 91.4 Å². The molecule has 8 heteroatoms. The van der Waals surface area contributed by atoms with Crippen LogP contribution in [0.2, 0.25) is 0 Å². The van der Waals surface area contributed by atoms with Crippen LogP contribution in [-0.4, -0.2) is 27.4 Å². The molecule has 1 atom stereocenters. The fourth-order valence-electron chi connectivity index (χ4n) is 3.49. The zero-order valence-electron chi connectivity index (χ0n) is 16.8. The molecule has 2 aromatic heterocycles. The molecule has 2 aromatic carbocycles. The van der Waals surface area contributed by atoms with E-state index in [4.69, 9.17) is 14.0 Å². The quantitative estimate of drug-likeness (QED) is 0.514. The molecule has 0 saturated heterocycles. The summed E-state index contributed by atoms with van der Waals surface area (Å²) in [6.07, 6.45) is 1.81. The molecule has 4 aromatic rings. The molecule has 0 aliphatic carbocycles. The molecular weight excluding hydrogens is 396 g/mol. The van der Waals surface area contributed by atoms with Crippen LogP contribution in [0.15, 0.2) is 71.4 Å². The van der Waals surface area contributed by atoms with E-state index in [9.17, 15) is 4.79 Å². The van der Waals surface area contributed by atoms with Gasteiger partial charge in [0.05, 0.1) is 6.04 Å². The summed E-state index contributed by atoms with van der Waals surface area (Å²) in [5.41, 5.74) is 2.47.